The van der Waals surface area contributed by atoms with E-state index >= 15 is 0 Å². The first-order valence-corrected chi connectivity index (χ1v) is 10.9. The van der Waals surface area contributed by atoms with Gasteiger partial charge in [0, 0.05) is 0 Å². The molecule has 0 aliphatic carbocycles. The summed E-state index contributed by atoms with van der Waals surface area (Å²) in [4.78, 5) is 25.1. The average Bonchev–Trinajstić information content (AvgIpc) is 3.05. The molecule has 2 aromatic rings. The first kappa shape index (κ1) is 24.0. The largest absolute Gasteiger partial charge is 0.493 e. The second kappa shape index (κ2) is 10.3. The van der Waals surface area contributed by atoms with Crippen molar-refractivity contribution in [2.45, 2.75) is 40.7 Å². The van der Waals surface area contributed by atoms with Crippen LogP contribution in [-0.2, 0) is 9.53 Å². The van der Waals surface area contributed by atoms with Crippen LogP contribution in [0.3, 0.4) is 0 Å². The Hall–Kier alpha value is -3.61. The van der Waals surface area contributed by atoms with E-state index in [1.54, 1.807) is 58.2 Å². The molecule has 1 aliphatic rings. The Labute approximate surface area is 194 Å². The molecular weight excluding hydrogens is 420 g/mol. The predicted molar refractivity (Wildman–Crippen MR) is 129 cm³/mol. The number of hydrogen-bond donors (Lipinski definition) is 0. The SMILES string of the molecule is COc1cc(/C=C2\C(=O)N(c3ccc(C(=O)OC(C)C)cc3)N=C2C)ccc1OCC(C)C. The molecule has 0 unspecified atom stereocenters. The van der Waals surface area contributed by atoms with Crippen molar-refractivity contribution in [3.05, 3.63) is 59.2 Å². The number of hydrazone groups is 1. The third kappa shape index (κ3) is 5.80. The quantitative estimate of drug-likeness (QED) is 0.413. The van der Waals surface area contributed by atoms with Crippen LogP contribution in [0.1, 0.15) is 50.5 Å². The molecule has 1 aliphatic heterocycles. The smallest absolute Gasteiger partial charge is 0.338 e. The molecule has 174 valence electrons. The maximum absolute atomic E-state index is 13.1. The Morgan fingerprint density at radius 1 is 1.06 bits per heavy atom. The van der Waals surface area contributed by atoms with Gasteiger partial charge in [0.05, 0.1) is 42.4 Å². The summed E-state index contributed by atoms with van der Waals surface area (Å²) in [6.45, 7) is 10.1. The van der Waals surface area contributed by atoms with E-state index in [1.807, 2.05) is 18.2 Å². The van der Waals surface area contributed by atoms with E-state index in [0.717, 1.165) is 5.56 Å². The van der Waals surface area contributed by atoms with E-state index in [1.165, 1.54) is 5.01 Å². The lowest BCUT2D eigenvalue weighted by Crippen LogP contribution is -2.21. The summed E-state index contributed by atoms with van der Waals surface area (Å²) in [5, 5.41) is 5.74. The molecule has 0 fully saturated rings. The minimum absolute atomic E-state index is 0.202. The highest BCUT2D eigenvalue weighted by Gasteiger charge is 2.29. The number of anilines is 1. The fourth-order valence-electron chi connectivity index (χ4n) is 3.20. The number of rotatable bonds is 8. The van der Waals surface area contributed by atoms with Crippen molar-refractivity contribution in [3.8, 4) is 11.5 Å². The van der Waals surface area contributed by atoms with E-state index in [-0.39, 0.29) is 12.0 Å². The maximum atomic E-state index is 13.1. The van der Waals surface area contributed by atoms with Gasteiger partial charge in [0.1, 0.15) is 0 Å². The molecule has 33 heavy (non-hydrogen) atoms. The second-order valence-corrected chi connectivity index (χ2v) is 8.48. The van der Waals surface area contributed by atoms with Gasteiger partial charge < -0.3 is 14.2 Å². The Balaban J connectivity index is 1.80. The topological polar surface area (TPSA) is 77.4 Å². The van der Waals surface area contributed by atoms with Gasteiger partial charge in [0.2, 0.25) is 0 Å². The molecule has 0 spiro atoms. The predicted octanol–water partition coefficient (Wildman–Crippen LogP) is 5.10. The van der Waals surface area contributed by atoms with Gasteiger partial charge in [-0.3, -0.25) is 4.79 Å². The Morgan fingerprint density at radius 2 is 1.76 bits per heavy atom. The third-order valence-corrected chi connectivity index (χ3v) is 4.82. The van der Waals surface area contributed by atoms with Gasteiger partial charge in [-0.05, 0) is 74.7 Å². The van der Waals surface area contributed by atoms with Crippen molar-refractivity contribution < 1.29 is 23.8 Å². The molecule has 0 aromatic heterocycles. The molecule has 0 N–H and O–H groups in total. The zero-order chi connectivity index (χ0) is 24.1. The summed E-state index contributed by atoms with van der Waals surface area (Å²) in [5.41, 5.74) is 2.87. The van der Waals surface area contributed by atoms with E-state index in [4.69, 9.17) is 14.2 Å². The molecule has 0 radical (unpaired) electrons. The molecule has 2 aromatic carbocycles. The Kier molecular flexibility index (Phi) is 7.53. The van der Waals surface area contributed by atoms with E-state index in [2.05, 4.69) is 18.9 Å². The fourth-order valence-corrected chi connectivity index (χ4v) is 3.20. The zero-order valence-electron chi connectivity index (χ0n) is 19.9. The van der Waals surface area contributed by atoms with Crippen LogP contribution in [0.2, 0.25) is 0 Å². The molecule has 1 heterocycles. The number of carbonyl (C=O) groups excluding carboxylic acids is 2. The average molecular weight is 451 g/mol. The minimum atomic E-state index is -0.403. The van der Waals surface area contributed by atoms with Crippen LogP contribution in [0.4, 0.5) is 5.69 Å². The van der Waals surface area contributed by atoms with Crippen molar-refractivity contribution >= 4 is 29.4 Å². The minimum Gasteiger partial charge on any atom is -0.493 e. The highest BCUT2D eigenvalue weighted by atomic mass is 16.5. The summed E-state index contributed by atoms with van der Waals surface area (Å²) >= 11 is 0. The van der Waals surface area contributed by atoms with Crippen molar-refractivity contribution in [1.29, 1.82) is 0 Å². The number of methoxy groups -OCH3 is 1. The van der Waals surface area contributed by atoms with Gasteiger partial charge in [-0.2, -0.15) is 10.1 Å². The lowest BCUT2D eigenvalue weighted by Gasteiger charge is -2.13. The lowest BCUT2D eigenvalue weighted by molar-refractivity contribution is -0.114. The molecule has 7 heteroatoms. The van der Waals surface area contributed by atoms with Crippen LogP contribution >= 0.6 is 0 Å². The highest BCUT2D eigenvalue weighted by molar-refractivity contribution is 6.32. The molecular formula is C26H30N2O5. The first-order valence-electron chi connectivity index (χ1n) is 10.9. The van der Waals surface area contributed by atoms with Gasteiger partial charge >= 0.3 is 5.97 Å². The van der Waals surface area contributed by atoms with E-state index in [0.29, 0.717) is 46.6 Å². The number of benzene rings is 2. The summed E-state index contributed by atoms with van der Waals surface area (Å²) < 4.78 is 16.5. The molecule has 7 nitrogen and oxygen atoms in total. The van der Waals surface area contributed by atoms with Crippen LogP contribution in [0, 0.1) is 5.92 Å². The number of amides is 1. The lowest BCUT2D eigenvalue weighted by atomic mass is 10.1. The molecule has 0 saturated carbocycles. The number of nitrogens with zero attached hydrogens (tertiary/aromatic N) is 2. The third-order valence-electron chi connectivity index (χ3n) is 4.82. The van der Waals surface area contributed by atoms with E-state index < -0.39 is 5.97 Å². The Bertz CT molecular complexity index is 1080. The Morgan fingerprint density at radius 3 is 2.36 bits per heavy atom. The summed E-state index contributed by atoms with van der Waals surface area (Å²) in [5.74, 6) is 1.01. The fraction of sp³-hybridized carbons (Fsp3) is 0.346. The molecule has 0 atom stereocenters. The zero-order valence-corrected chi connectivity index (χ0v) is 19.9. The summed E-state index contributed by atoms with van der Waals surface area (Å²) in [6, 6.07) is 12.2. The molecule has 0 saturated heterocycles. The first-order chi connectivity index (χ1) is 15.7. The second-order valence-electron chi connectivity index (χ2n) is 8.48. The van der Waals surface area contributed by atoms with Gasteiger partial charge in [0.25, 0.3) is 5.91 Å². The van der Waals surface area contributed by atoms with Gasteiger partial charge in [0.15, 0.2) is 11.5 Å². The van der Waals surface area contributed by atoms with Crippen LogP contribution in [-0.4, -0.2) is 37.4 Å². The van der Waals surface area contributed by atoms with Crippen molar-refractivity contribution in [2.75, 3.05) is 18.7 Å². The highest BCUT2D eigenvalue weighted by Crippen LogP contribution is 2.31. The van der Waals surface area contributed by atoms with Crippen molar-refractivity contribution in [1.82, 2.24) is 0 Å². The van der Waals surface area contributed by atoms with Crippen molar-refractivity contribution in [3.63, 3.8) is 0 Å². The van der Waals surface area contributed by atoms with Gasteiger partial charge in [-0.1, -0.05) is 19.9 Å². The van der Waals surface area contributed by atoms with Crippen LogP contribution in [0.15, 0.2) is 53.1 Å². The van der Waals surface area contributed by atoms with E-state index in [9.17, 15) is 9.59 Å². The summed E-state index contributed by atoms with van der Waals surface area (Å²) in [6.07, 6.45) is 1.58. The number of ether oxygens (including phenoxy) is 3. The molecule has 3 rings (SSSR count). The number of esters is 1. The normalized spacial score (nSPS) is 14.8. The van der Waals surface area contributed by atoms with Crippen LogP contribution in [0.25, 0.3) is 6.08 Å². The number of hydrogen-bond acceptors (Lipinski definition) is 6. The molecule has 1 amide bonds. The van der Waals surface area contributed by atoms with Crippen LogP contribution < -0.4 is 14.5 Å². The summed E-state index contributed by atoms with van der Waals surface area (Å²) in [7, 11) is 1.59. The van der Waals surface area contributed by atoms with Crippen LogP contribution in [0.5, 0.6) is 11.5 Å². The molecule has 0 bridgehead atoms. The standard InChI is InChI=1S/C26H30N2O5/c1-16(2)15-32-23-12-7-19(14-24(23)31-6)13-22-18(5)27-28(25(22)29)21-10-8-20(9-11-21)26(30)33-17(3)4/h7-14,16-17H,15H2,1-6H3/b22-13-. The van der Waals surface area contributed by atoms with Gasteiger partial charge in [-0.15, -0.1) is 0 Å². The van der Waals surface area contributed by atoms with Crippen molar-refractivity contribution in [2.24, 2.45) is 11.0 Å². The monoisotopic (exact) mass is 450 g/mol. The number of carbonyl (C=O) groups is 2. The van der Waals surface area contributed by atoms with Gasteiger partial charge in [-0.25, -0.2) is 4.79 Å². The maximum Gasteiger partial charge on any atom is 0.338 e.